The molecule has 0 spiro atoms. The van der Waals surface area contributed by atoms with Crippen LogP contribution in [0.1, 0.15) is 28.8 Å². The summed E-state index contributed by atoms with van der Waals surface area (Å²) in [5.74, 6) is 0.823. The van der Waals surface area contributed by atoms with Crippen LogP contribution in [0, 0.1) is 6.92 Å². The lowest BCUT2D eigenvalue weighted by Crippen LogP contribution is -2.18. The zero-order valence-corrected chi connectivity index (χ0v) is 12.0. The van der Waals surface area contributed by atoms with Crippen LogP contribution in [-0.2, 0) is 0 Å². The number of phenols is 1. The molecule has 0 saturated carbocycles. The third kappa shape index (κ3) is 3.42. The average molecular weight is 288 g/mol. The topological polar surface area (TPSA) is 84.1 Å². The number of hydrazone groups is 1. The zero-order chi connectivity index (χ0) is 15.4. The van der Waals surface area contributed by atoms with Crippen molar-refractivity contribution in [2.24, 2.45) is 5.10 Å². The second-order valence-corrected chi connectivity index (χ2v) is 4.44. The Bertz CT molecular complexity index is 689. The lowest BCUT2D eigenvalue weighted by molar-refractivity contribution is 0.0926. The minimum absolute atomic E-state index is 0.0455. The van der Waals surface area contributed by atoms with Crippen molar-refractivity contribution >= 4 is 11.6 Å². The van der Waals surface area contributed by atoms with E-state index in [-0.39, 0.29) is 11.5 Å². The van der Waals surface area contributed by atoms with E-state index in [1.807, 2.05) is 0 Å². The number of rotatable bonds is 4. The fourth-order valence-electron chi connectivity index (χ4n) is 1.71. The Labute approximate surface area is 122 Å². The van der Waals surface area contributed by atoms with Gasteiger partial charge in [0.25, 0.3) is 0 Å². The maximum Gasteiger partial charge on any atom is 0.307 e. The summed E-state index contributed by atoms with van der Waals surface area (Å²) >= 11 is 0. The molecule has 0 bridgehead atoms. The highest BCUT2D eigenvalue weighted by molar-refractivity contribution is 6.00. The second kappa shape index (κ2) is 6.13. The molecule has 1 heterocycles. The monoisotopic (exact) mass is 288 g/mol. The molecule has 0 aliphatic heterocycles. The number of nitrogens with one attached hydrogen (secondary N) is 1. The molecule has 110 valence electrons. The quantitative estimate of drug-likeness (QED) is 0.668. The van der Waals surface area contributed by atoms with Crippen molar-refractivity contribution in [3.63, 3.8) is 0 Å². The number of methoxy groups -OCH3 is 1. The summed E-state index contributed by atoms with van der Waals surface area (Å²) in [5, 5.41) is 13.5. The highest BCUT2D eigenvalue weighted by Crippen LogP contribution is 2.26. The summed E-state index contributed by atoms with van der Waals surface area (Å²) in [6.45, 7) is 3.49. The number of benzene rings is 1. The molecular weight excluding hydrogens is 272 g/mol. The van der Waals surface area contributed by atoms with E-state index in [1.54, 1.807) is 38.1 Å². The molecule has 1 aromatic heterocycles. The molecule has 2 N–H and O–H groups in total. The summed E-state index contributed by atoms with van der Waals surface area (Å²) in [5.41, 5.74) is 3.71. The van der Waals surface area contributed by atoms with Gasteiger partial charge in [0.2, 0.25) is 0 Å². The molecule has 0 saturated heterocycles. The van der Waals surface area contributed by atoms with E-state index in [9.17, 15) is 9.90 Å². The largest absolute Gasteiger partial charge is 0.504 e. The first-order valence-corrected chi connectivity index (χ1v) is 6.29. The van der Waals surface area contributed by atoms with Crippen LogP contribution < -0.4 is 10.2 Å². The van der Waals surface area contributed by atoms with Crippen LogP contribution >= 0.6 is 0 Å². The lowest BCUT2D eigenvalue weighted by atomic mass is 10.1. The number of phenolic OH excluding ortho intramolecular Hbond substituents is 1. The minimum atomic E-state index is -0.423. The highest BCUT2D eigenvalue weighted by Gasteiger charge is 2.10. The molecule has 2 rings (SSSR count). The Morgan fingerprint density at radius 2 is 2.10 bits per heavy atom. The van der Waals surface area contributed by atoms with Crippen molar-refractivity contribution in [1.29, 1.82) is 0 Å². The van der Waals surface area contributed by atoms with Gasteiger partial charge < -0.3 is 14.3 Å². The molecule has 6 heteroatoms. The molecule has 0 unspecified atom stereocenters. The number of hydrogen-bond acceptors (Lipinski definition) is 5. The molecule has 0 fully saturated rings. The van der Waals surface area contributed by atoms with Crippen LogP contribution in [0.25, 0.3) is 0 Å². The van der Waals surface area contributed by atoms with Gasteiger partial charge in [0, 0.05) is 5.56 Å². The van der Waals surface area contributed by atoms with Crippen molar-refractivity contribution in [2.75, 3.05) is 7.11 Å². The molecule has 1 amide bonds. The number of ether oxygens (including phenoxy) is 1. The van der Waals surface area contributed by atoms with Crippen molar-refractivity contribution in [1.82, 2.24) is 5.43 Å². The van der Waals surface area contributed by atoms with E-state index in [1.165, 1.54) is 13.2 Å². The summed E-state index contributed by atoms with van der Waals surface area (Å²) in [6, 6.07) is 8.11. The number of nitrogens with zero attached hydrogens (tertiary/aromatic N) is 1. The van der Waals surface area contributed by atoms with E-state index in [2.05, 4.69) is 10.5 Å². The Balaban J connectivity index is 2.12. The van der Waals surface area contributed by atoms with Gasteiger partial charge in [-0.15, -0.1) is 0 Å². The van der Waals surface area contributed by atoms with Crippen LogP contribution in [0.4, 0.5) is 0 Å². The van der Waals surface area contributed by atoms with E-state index < -0.39 is 5.91 Å². The molecule has 6 nitrogen and oxygen atoms in total. The normalized spacial score (nSPS) is 11.3. The van der Waals surface area contributed by atoms with Crippen LogP contribution in [-0.4, -0.2) is 23.8 Å². The smallest absolute Gasteiger partial charge is 0.307 e. The first-order chi connectivity index (χ1) is 10.0. The third-order valence-corrected chi connectivity index (χ3v) is 2.89. The average Bonchev–Trinajstić information content (AvgIpc) is 2.91. The SMILES string of the molecule is COc1cc(/C(C)=N/NC(=O)c2ccc(C)o2)ccc1O. The summed E-state index contributed by atoms with van der Waals surface area (Å²) in [4.78, 5) is 11.8. The lowest BCUT2D eigenvalue weighted by Gasteiger charge is -2.06. The number of aromatic hydroxyl groups is 1. The maximum atomic E-state index is 11.8. The number of aryl methyl sites for hydroxylation is 1. The van der Waals surface area contributed by atoms with Gasteiger partial charge in [-0.2, -0.15) is 5.10 Å². The van der Waals surface area contributed by atoms with Gasteiger partial charge in [0.1, 0.15) is 5.76 Å². The molecule has 0 atom stereocenters. The summed E-state index contributed by atoms with van der Waals surface area (Å²) in [7, 11) is 1.46. The molecule has 21 heavy (non-hydrogen) atoms. The Morgan fingerprint density at radius 3 is 2.71 bits per heavy atom. The predicted octanol–water partition coefficient (Wildman–Crippen LogP) is 2.46. The Kier molecular flexibility index (Phi) is 4.27. The van der Waals surface area contributed by atoms with Crippen molar-refractivity contribution in [3.8, 4) is 11.5 Å². The van der Waals surface area contributed by atoms with Crippen molar-refractivity contribution < 1.29 is 19.1 Å². The van der Waals surface area contributed by atoms with Crippen LogP contribution in [0.5, 0.6) is 11.5 Å². The van der Waals surface area contributed by atoms with Gasteiger partial charge in [-0.05, 0) is 44.2 Å². The second-order valence-electron chi connectivity index (χ2n) is 4.44. The molecule has 1 aromatic carbocycles. The number of amides is 1. The molecule has 0 radical (unpaired) electrons. The first kappa shape index (κ1) is 14.6. The summed E-state index contributed by atoms with van der Waals surface area (Å²) < 4.78 is 10.2. The van der Waals surface area contributed by atoms with Crippen LogP contribution in [0.2, 0.25) is 0 Å². The molecular formula is C15H16N2O4. The summed E-state index contributed by atoms with van der Waals surface area (Å²) in [6.07, 6.45) is 0. The zero-order valence-electron chi connectivity index (χ0n) is 12.0. The van der Waals surface area contributed by atoms with Gasteiger partial charge in [-0.25, -0.2) is 5.43 Å². The van der Waals surface area contributed by atoms with Gasteiger partial charge in [0.15, 0.2) is 17.3 Å². The Morgan fingerprint density at radius 1 is 1.33 bits per heavy atom. The number of hydrogen-bond donors (Lipinski definition) is 2. The highest BCUT2D eigenvalue weighted by atomic mass is 16.5. The number of carbonyl (C=O) groups is 1. The van der Waals surface area contributed by atoms with Gasteiger partial charge >= 0.3 is 5.91 Å². The van der Waals surface area contributed by atoms with Crippen LogP contribution in [0.3, 0.4) is 0 Å². The predicted molar refractivity (Wildman–Crippen MR) is 77.8 cm³/mol. The van der Waals surface area contributed by atoms with Crippen molar-refractivity contribution in [2.45, 2.75) is 13.8 Å². The first-order valence-electron chi connectivity index (χ1n) is 6.29. The minimum Gasteiger partial charge on any atom is -0.504 e. The number of carbonyl (C=O) groups excluding carboxylic acids is 1. The van der Waals surface area contributed by atoms with Gasteiger partial charge in [0.05, 0.1) is 12.8 Å². The molecule has 0 aliphatic carbocycles. The maximum absolute atomic E-state index is 11.8. The van der Waals surface area contributed by atoms with E-state index in [4.69, 9.17) is 9.15 Å². The fourth-order valence-corrected chi connectivity index (χ4v) is 1.71. The van der Waals surface area contributed by atoms with Crippen LogP contribution in [0.15, 0.2) is 39.9 Å². The molecule has 0 aliphatic rings. The number of furan rings is 1. The van der Waals surface area contributed by atoms with Crippen molar-refractivity contribution in [3.05, 3.63) is 47.4 Å². The third-order valence-electron chi connectivity index (χ3n) is 2.89. The van der Waals surface area contributed by atoms with E-state index >= 15 is 0 Å². The fraction of sp³-hybridized carbons (Fsp3) is 0.200. The van der Waals surface area contributed by atoms with E-state index in [0.29, 0.717) is 17.2 Å². The van der Waals surface area contributed by atoms with E-state index in [0.717, 1.165) is 5.56 Å². The van der Waals surface area contributed by atoms with Gasteiger partial charge in [-0.3, -0.25) is 4.79 Å². The molecule has 2 aromatic rings. The standard InChI is InChI=1S/C15H16N2O4/c1-9-4-7-13(21-9)15(19)17-16-10(2)11-5-6-12(18)14(8-11)20-3/h4-8,18H,1-3H3,(H,17,19)/b16-10+. The van der Waals surface area contributed by atoms with Gasteiger partial charge in [-0.1, -0.05) is 0 Å². The Hall–Kier alpha value is -2.76.